The van der Waals surface area contributed by atoms with E-state index in [4.69, 9.17) is 4.42 Å². The number of hydrogen-bond acceptors (Lipinski definition) is 2. The first-order valence-corrected chi connectivity index (χ1v) is 8.23. The molecule has 1 saturated carbocycles. The summed E-state index contributed by atoms with van der Waals surface area (Å²) >= 11 is 0. The molecule has 3 rings (SSSR count). The van der Waals surface area contributed by atoms with Gasteiger partial charge in [0, 0.05) is 12.0 Å². The molecule has 1 aliphatic carbocycles. The molecule has 1 N–H and O–H groups in total. The van der Waals surface area contributed by atoms with Gasteiger partial charge in [-0.1, -0.05) is 44.5 Å². The van der Waals surface area contributed by atoms with Gasteiger partial charge in [0.25, 0.3) is 0 Å². The van der Waals surface area contributed by atoms with E-state index < -0.39 is 0 Å². The molecule has 0 aliphatic heterocycles. The van der Waals surface area contributed by atoms with Crippen molar-refractivity contribution in [2.45, 2.75) is 51.5 Å². The fourth-order valence-corrected chi connectivity index (χ4v) is 3.35. The lowest BCUT2D eigenvalue weighted by atomic mass is 9.76. The van der Waals surface area contributed by atoms with Crippen LogP contribution in [-0.4, -0.2) is 6.54 Å². The molecule has 0 bridgehead atoms. The van der Waals surface area contributed by atoms with E-state index in [0.29, 0.717) is 0 Å². The molecule has 0 radical (unpaired) electrons. The number of furan rings is 1. The lowest BCUT2D eigenvalue weighted by Crippen LogP contribution is -2.25. The van der Waals surface area contributed by atoms with Crippen molar-refractivity contribution in [3.05, 3.63) is 59.0 Å². The van der Waals surface area contributed by atoms with Crippen molar-refractivity contribution in [2.24, 2.45) is 0 Å². The van der Waals surface area contributed by atoms with Crippen molar-refractivity contribution in [1.82, 2.24) is 5.32 Å². The average molecular weight is 283 g/mol. The zero-order chi connectivity index (χ0) is 14.7. The summed E-state index contributed by atoms with van der Waals surface area (Å²) in [6.07, 6.45) is 6.81. The van der Waals surface area contributed by atoms with Crippen LogP contribution in [0.25, 0.3) is 0 Å². The van der Waals surface area contributed by atoms with Crippen molar-refractivity contribution < 1.29 is 4.42 Å². The predicted molar refractivity (Wildman–Crippen MR) is 86.6 cm³/mol. The molecule has 0 amide bonds. The van der Waals surface area contributed by atoms with E-state index in [0.717, 1.165) is 24.6 Å². The molecule has 21 heavy (non-hydrogen) atoms. The third kappa shape index (κ3) is 2.77. The third-order valence-electron chi connectivity index (χ3n) is 4.67. The topological polar surface area (TPSA) is 25.2 Å². The van der Waals surface area contributed by atoms with Gasteiger partial charge in [-0.3, -0.25) is 0 Å². The molecule has 1 unspecified atom stereocenters. The number of rotatable bonds is 6. The van der Waals surface area contributed by atoms with Crippen LogP contribution in [0.15, 0.2) is 41.0 Å². The van der Waals surface area contributed by atoms with Gasteiger partial charge in [0.05, 0.1) is 12.3 Å². The van der Waals surface area contributed by atoms with Crippen LogP contribution in [0.2, 0.25) is 0 Å². The Morgan fingerprint density at radius 2 is 1.95 bits per heavy atom. The van der Waals surface area contributed by atoms with E-state index in [1.54, 1.807) is 0 Å². The molecule has 1 fully saturated rings. The monoisotopic (exact) mass is 283 g/mol. The zero-order valence-electron chi connectivity index (χ0n) is 13.1. The van der Waals surface area contributed by atoms with E-state index in [9.17, 15) is 0 Å². The smallest absolute Gasteiger partial charge is 0.108 e. The second kappa shape index (κ2) is 6.48. The summed E-state index contributed by atoms with van der Waals surface area (Å²) in [4.78, 5) is 0. The standard InChI is InChI=1S/C19H25NO/c1-3-18-17(12-13-21-18)19(20-4-2)16-11-6-5-10-15(16)14-8-7-9-14/h5-6,10-14,19-20H,3-4,7-9H2,1-2H3. The predicted octanol–water partition coefficient (Wildman–Crippen LogP) is 4.81. The molecule has 2 nitrogen and oxygen atoms in total. The third-order valence-corrected chi connectivity index (χ3v) is 4.67. The molecule has 0 spiro atoms. The van der Waals surface area contributed by atoms with E-state index >= 15 is 0 Å². The molecule has 0 saturated heterocycles. The summed E-state index contributed by atoms with van der Waals surface area (Å²) in [5.41, 5.74) is 4.25. The highest BCUT2D eigenvalue weighted by atomic mass is 16.3. The molecule has 1 aliphatic rings. The molecule has 1 aromatic heterocycles. The first-order valence-electron chi connectivity index (χ1n) is 8.23. The number of aryl methyl sites for hydroxylation is 1. The lowest BCUT2D eigenvalue weighted by molar-refractivity contribution is 0.414. The Balaban J connectivity index is 2.01. The Labute approximate surface area is 127 Å². The van der Waals surface area contributed by atoms with E-state index in [-0.39, 0.29) is 6.04 Å². The van der Waals surface area contributed by atoms with Crippen LogP contribution in [-0.2, 0) is 6.42 Å². The lowest BCUT2D eigenvalue weighted by Gasteiger charge is -2.31. The SMILES string of the molecule is CCNC(c1ccccc1C1CCC1)c1ccoc1CC. The summed E-state index contributed by atoms with van der Waals surface area (Å²) in [6, 6.07) is 11.3. The van der Waals surface area contributed by atoms with Crippen LogP contribution in [0.4, 0.5) is 0 Å². The maximum absolute atomic E-state index is 5.66. The van der Waals surface area contributed by atoms with Gasteiger partial charge in [-0.25, -0.2) is 0 Å². The van der Waals surface area contributed by atoms with Crippen molar-refractivity contribution in [3.8, 4) is 0 Å². The maximum Gasteiger partial charge on any atom is 0.108 e. The number of benzene rings is 1. The quantitative estimate of drug-likeness (QED) is 0.823. The van der Waals surface area contributed by atoms with Crippen molar-refractivity contribution in [2.75, 3.05) is 6.54 Å². The molecule has 2 aromatic rings. The van der Waals surface area contributed by atoms with Crippen LogP contribution in [0, 0.1) is 0 Å². The molecular weight excluding hydrogens is 258 g/mol. The molecular formula is C19H25NO. The van der Waals surface area contributed by atoms with Gasteiger partial charge >= 0.3 is 0 Å². The van der Waals surface area contributed by atoms with E-state index in [1.807, 2.05) is 6.26 Å². The molecule has 1 atom stereocenters. The Morgan fingerprint density at radius 3 is 2.62 bits per heavy atom. The molecule has 2 heteroatoms. The van der Waals surface area contributed by atoms with Gasteiger partial charge in [-0.05, 0) is 42.5 Å². The van der Waals surface area contributed by atoms with Crippen LogP contribution >= 0.6 is 0 Å². The van der Waals surface area contributed by atoms with Gasteiger partial charge in [-0.15, -0.1) is 0 Å². The Kier molecular flexibility index (Phi) is 4.45. The highest BCUT2D eigenvalue weighted by Crippen LogP contribution is 2.41. The van der Waals surface area contributed by atoms with E-state index in [2.05, 4.69) is 49.5 Å². The van der Waals surface area contributed by atoms with Gasteiger partial charge in [0.15, 0.2) is 0 Å². The Morgan fingerprint density at radius 1 is 1.14 bits per heavy atom. The highest BCUT2D eigenvalue weighted by Gasteiger charge is 2.26. The first-order chi connectivity index (χ1) is 10.3. The second-order valence-corrected chi connectivity index (χ2v) is 5.90. The van der Waals surface area contributed by atoms with Crippen LogP contribution < -0.4 is 5.32 Å². The Hall–Kier alpha value is -1.54. The average Bonchev–Trinajstić information content (AvgIpc) is 2.92. The summed E-state index contributed by atoms with van der Waals surface area (Å²) in [5, 5.41) is 3.66. The van der Waals surface area contributed by atoms with E-state index in [1.165, 1.54) is 36.0 Å². The number of hydrogen-bond donors (Lipinski definition) is 1. The zero-order valence-corrected chi connectivity index (χ0v) is 13.1. The van der Waals surface area contributed by atoms with Crippen LogP contribution in [0.1, 0.15) is 67.5 Å². The highest BCUT2D eigenvalue weighted by molar-refractivity contribution is 5.41. The summed E-state index contributed by atoms with van der Waals surface area (Å²) < 4.78 is 5.66. The summed E-state index contributed by atoms with van der Waals surface area (Å²) in [7, 11) is 0. The second-order valence-electron chi connectivity index (χ2n) is 5.90. The minimum Gasteiger partial charge on any atom is -0.469 e. The normalized spacial score (nSPS) is 16.7. The molecule has 112 valence electrons. The van der Waals surface area contributed by atoms with Crippen molar-refractivity contribution in [3.63, 3.8) is 0 Å². The van der Waals surface area contributed by atoms with Gasteiger partial charge in [0.1, 0.15) is 5.76 Å². The summed E-state index contributed by atoms with van der Waals surface area (Å²) in [5.74, 6) is 1.85. The van der Waals surface area contributed by atoms with Crippen LogP contribution in [0.5, 0.6) is 0 Å². The fourth-order valence-electron chi connectivity index (χ4n) is 3.35. The minimum absolute atomic E-state index is 0.250. The largest absolute Gasteiger partial charge is 0.469 e. The minimum atomic E-state index is 0.250. The van der Waals surface area contributed by atoms with Crippen molar-refractivity contribution >= 4 is 0 Å². The van der Waals surface area contributed by atoms with Gasteiger partial charge < -0.3 is 9.73 Å². The summed E-state index contributed by atoms with van der Waals surface area (Å²) in [6.45, 7) is 5.28. The number of nitrogens with one attached hydrogen (secondary N) is 1. The maximum atomic E-state index is 5.66. The molecule has 1 heterocycles. The van der Waals surface area contributed by atoms with Crippen molar-refractivity contribution in [1.29, 1.82) is 0 Å². The molecule has 1 aromatic carbocycles. The first kappa shape index (κ1) is 14.4. The van der Waals surface area contributed by atoms with Gasteiger partial charge in [-0.2, -0.15) is 0 Å². The van der Waals surface area contributed by atoms with Crippen LogP contribution in [0.3, 0.4) is 0 Å². The van der Waals surface area contributed by atoms with Gasteiger partial charge in [0.2, 0.25) is 0 Å². The Bertz CT molecular complexity index is 583. The fraction of sp³-hybridized carbons (Fsp3) is 0.474.